The zero-order valence-corrected chi connectivity index (χ0v) is 16.0. The van der Waals surface area contributed by atoms with Gasteiger partial charge in [-0.1, -0.05) is 18.5 Å². The topological polar surface area (TPSA) is 85.7 Å². The van der Waals surface area contributed by atoms with Crippen LogP contribution < -0.4 is 4.90 Å². The van der Waals surface area contributed by atoms with E-state index in [4.69, 9.17) is 16.4 Å². The van der Waals surface area contributed by atoms with E-state index in [1.165, 1.54) is 12.8 Å². The van der Waals surface area contributed by atoms with Crippen LogP contribution in [-0.2, 0) is 9.73 Å². The van der Waals surface area contributed by atoms with Gasteiger partial charge in [-0.25, -0.2) is 8.99 Å². The monoisotopic (exact) mass is 389 g/mol. The van der Waals surface area contributed by atoms with E-state index in [9.17, 15) is 4.21 Å². The summed E-state index contributed by atoms with van der Waals surface area (Å²) in [5.41, 5.74) is 3.55. The summed E-state index contributed by atoms with van der Waals surface area (Å²) in [6, 6.07) is 9.45. The highest BCUT2D eigenvalue weighted by molar-refractivity contribution is 7.92. The lowest BCUT2D eigenvalue weighted by atomic mass is 10.1. The number of hydrogen-bond acceptors (Lipinski definition) is 5. The number of nitrogens with zero attached hydrogens (tertiary/aromatic N) is 3. The van der Waals surface area contributed by atoms with Crippen molar-refractivity contribution in [3.05, 3.63) is 35.5 Å². The van der Waals surface area contributed by atoms with Crippen molar-refractivity contribution in [2.45, 2.75) is 24.7 Å². The number of nitrogens with one attached hydrogen (secondary N) is 2. The van der Waals surface area contributed by atoms with Gasteiger partial charge in [-0.3, -0.25) is 0 Å². The zero-order valence-electron chi connectivity index (χ0n) is 14.5. The van der Waals surface area contributed by atoms with Crippen molar-refractivity contribution in [2.24, 2.45) is 0 Å². The first kappa shape index (κ1) is 17.3. The Morgan fingerprint density at radius 2 is 2.00 bits per heavy atom. The van der Waals surface area contributed by atoms with E-state index in [-0.39, 0.29) is 0 Å². The van der Waals surface area contributed by atoms with Gasteiger partial charge in [0.2, 0.25) is 0 Å². The molecular weight excluding hydrogens is 370 g/mol. The number of halogens is 1. The lowest BCUT2D eigenvalue weighted by Crippen LogP contribution is -2.18. The molecule has 4 rings (SSSR count). The van der Waals surface area contributed by atoms with Crippen LogP contribution in [-0.4, -0.2) is 38.2 Å². The van der Waals surface area contributed by atoms with E-state index >= 15 is 0 Å². The van der Waals surface area contributed by atoms with Crippen LogP contribution in [0.4, 0.5) is 5.69 Å². The predicted molar refractivity (Wildman–Crippen MR) is 105 cm³/mol. The number of aromatic amines is 1. The van der Waals surface area contributed by atoms with Gasteiger partial charge in [-0.05, 0) is 43.2 Å². The summed E-state index contributed by atoms with van der Waals surface area (Å²) >= 11 is 5.95. The van der Waals surface area contributed by atoms with E-state index in [1.807, 2.05) is 24.3 Å². The molecule has 1 fully saturated rings. The molecule has 1 saturated heterocycles. The lowest BCUT2D eigenvalue weighted by molar-refractivity contribution is 0.675. The minimum absolute atomic E-state index is 0.295. The van der Waals surface area contributed by atoms with Gasteiger partial charge in [0.15, 0.2) is 10.8 Å². The first-order valence-corrected chi connectivity index (χ1v) is 10.8. The fraction of sp³-hybridized carbons (Fsp3) is 0.333. The third kappa shape index (κ3) is 3.05. The molecule has 0 aliphatic carbocycles. The first-order chi connectivity index (χ1) is 12.5. The molecule has 1 aliphatic heterocycles. The Balaban J connectivity index is 1.91. The van der Waals surface area contributed by atoms with Gasteiger partial charge in [-0.2, -0.15) is 0 Å². The Morgan fingerprint density at radius 1 is 1.23 bits per heavy atom. The summed E-state index contributed by atoms with van der Waals surface area (Å²) in [7, 11) is -2.79. The Kier molecular flexibility index (Phi) is 4.36. The van der Waals surface area contributed by atoms with Crippen LogP contribution in [0.25, 0.3) is 22.3 Å². The highest BCUT2D eigenvalue weighted by atomic mass is 35.5. The largest absolute Gasteiger partial charge is 0.371 e. The molecule has 6 nitrogen and oxygen atoms in total. The molecular formula is C18H20ClN5OS. The van der Waals surface area contributed by atoms with Crippen LogP contribution in [0.3, 0.4) is 0 Å². The quantitative estimate of drug-likeness (QED) is 0.696. The number of H-pyrrole nitrogens is 1. The summed E-state index contributed by atoms with van der Waals surface area (Å²) in [5.74, 6) is 0.295. The van der Waals surface area contributed by atoms with Crippen molar-refractivity contribution in [1.82, 2.24) is 15.2 Å². The Labute approximate surface area is 157 Å². The van der Waals surface area contributed by atoms with Gasteiger partial charge in [0.25, 0.3) is 0 Å². The molecule has 0 amide bonds. The maximum Gasteiger partial charge on any atom is 0.160 e. The number of rotatable bonds is 4. The van der Waals surface area contributed by atoms with Crippen molar-refractivity contribution in [3.8, 4) is 11.3 Å². The van der Waals surface area contributed by atoms with Crippen LogP contribution in [0.5, 0.6) is 0 Å². The summed E-state index contributed by atoms with van der Waals surface area (Å²) < 4.78 is 20.7. The Morgan fingerprint density at radius 3 is 2.73 bits per heavy atom. The molecule has 1 aliphatic rings. The number of hydrogen-bond donors (Lipinski definition) is 2. The normalized spacial score (nSPS) is 16.9. The summed E-state index contributed by atoms with van der Waals surface area (Å²) in [6.07, 6.45) is 2.33. The smallest absolute Gasteiger partial charge is 0.160 e. The average molecular weight is 390 g/mol. The van der Waals surface area contributed by atoms with Gasteiger partial charge in [0, 0.05) is 46.1 Å². The molecule has 136 valence electrons. The molecule has 2 aromatic heterocycles. The molecule has 8 heteroatoms. The zero-order chi connectivity index (χ0) is 18.3. The van der Waals surface area contributed by atoms with Crippen molar-refractivity contribution >= 4 is 38.1 Å². The molecule has 2 N–H and O–H groups in total. The summed E-state index contributed by atoms with van der Waals surface area (Å²) in [6.45, 7) is 3.79. The fourth-order valence-corrected chi connectivity index (χ4v) is 4.47. The van der Waals surface area contributed by atoms with Crippen molar-refractivity contribution < 1.29 is 4.21 Å². The Hall–Kier alpha value is -2.12. The third-order valence-corrected chi connectivity index (χ3v) is 6.85. The van der Waals surface area contributed by atoms with Gasteiger partial charge in [0.05, 0.1) is 9.73 Å². The van der Waals surface area contributed by atoms with Crippen LogP contribution >= 0.6 is 11.6 Å². The SMILES string of the molecule is CCS(=N)(=O)c1ccc(N2CCCC2)c(-c2cc3cc(Cl)nnc3[nH]2)c1. The highest BCUT2D eigenvalue weighted by Crippen LogP contribution is 2.36. The lowest BCUT2D eigenvalue weighted by Gasteiger charge is -2.22. The molecule has 0 bridgehead atoms. The van der Waals surface area contributed by atoms with Gasteiger partial charge < -0.3 is 9.88 Å². The maximum atomic E-state index is 12.6. The molecule has 1 unspecified atom stereocenters. The van der Waals surface area contributed by atoms with Crippen molar-refractivity contribution in [3.63, 3.8) is 0 Å². The molecule has 3 aromatic rings. The second kappa shape index (κ2) is 6.55. The van der Waals surface area contributed by atoms with Gasteiger partial charge in [0.1, 0.15) is 0 Å². The number of benzene rings is 1. The standard InChI is InChI=1S/C18H20ClN5OS/c1-2-26(20,25)13-5-6-16(24-7-3-4-8-24)14(11-13)15-9-12-10-17(19)22-23-18(12)21-15/h5-6,9-11,20H,2-4,7-8H2,1H3,(H,21,23). The Bertz CT molecular complexity index is 1070. The minimum Gasteiger partial charge on any atom is -0.371 e. The van der Waals surface area contributed by atoms with E-state index in [2.05, 4.69) is 20.1 Å². The molecule has 0 saturated carbocycles. The molecule has 0 radical (unpaired) electrons. The number of anilines is 1. The molecule has 3 heterocycles. The fourth-order valence-electron chi connectivity index (χ4n) is 3.39. The van der Waals surface area contributed by atoms with Crippen LogP contribution in [0, 0.1) is 4.78 Å². The third-order valence-electron chi connectivity index (χ3n) is 4.84. The average Bonchev–Trinajstić information content (AvgIpc) is 3.30. The molecule has 26 heavy (non-hydrogen) atoms. The second-order valence-corrected chi connectivity index (χ2v) is 9.28. The van der Waals surface area contributed by atoms with E-state index in [1.54, 1.807) is 13.0 Å². The highest BCUT2D eigenvalue weighted by Gasteiger charge is 2.20. The first-order valence-electron chi connectivity index (χ1n) is 8.66. The predicted octanol–water partition coefficient (Wildman–Crippen LogP) is 4.30. The van der Waals surface area contributed by atoms with Gasteiger partial charge in [-0.15, -0.1) is 10.2 Å². The van der Waals surface area contributed by atoms with Crippen LogP contribution in [0.15, 0.2) is 35.2 Å². The molecule has 1 atom stereocenters. The van der Waals surface area contributed by atoms with Crippen LogP contribution in [0.2, 0.25) is 5.15 Å². The summed E-state index contributed by atoms with van der Waals surface area (Å²) in [5, 5.41) is 9.20. The van der Waals surface area contributed by atoms with E-state index in [0.717, 1.165) is 35.4 Å². The summed E-state index contributed by atoms with van der Waals surface area (Å²) in [4.78, 5) is 6.18. The second-order valence-electron chi connectivity index (χ2n) is 6.49. The molecule has 0 spiro atoms. The van der Waals surface area contributed by atoms with Crippen molar-refractivity contribution in [1.29, 1.82) is 4.78 Å². The van der Waals surface area contributed by atoms with Gasteiger partial charge >= 0.3 is 0 Å². The van der Waals surface area contributed by atoms with E-state index in [0.29, 0.717) is 21.4 Å². The van der Waals surface area contributed by atoms with Crippen molar-refractivity contribution in [2.75, 3.05) is 23.7 Å². The maximum absolute atomic E-state index is 12.6. The number of fused-ring (bicyclic) bond motifs is 1. The molecule has 1 aromatic carbocycles. The van der Waals surface area contributed by atoms with E-state index < -0.39 is 9.73 Å². The number of aromatic nitrogens is 3. The van der Waals surface area contributed by atoms with Crippen LogP contribution in [0.1, 0.15) is 19.8 Å². The minimum atomic E-state index is -2.79.